The quantitative estimate of drug-likeness (QED) is 0.765. The maximum absolute atomic E-state index is 5.99. The molecule has 1 aliphatic rings. The largest absolute Gasteiger partial charge is 0.488 e. The van der Waals surface area contributed by atoms with Crippen LogP contribution >= 0.6 is 0 Å². The zero-order valence-corrected chi connectivity index (χ0v) is 10.6. The highest BCUT2D eigenvalue weighted by Gasteiger charge is 2.28. The van der Waals surface area contributed by atoms with Crippen molar-refractivity contribution < 1.29 is 9.47 Å². The molecule has 1 heterocycles. The Morgan fingerprint density at radius 2 is 2.29 bits per heavy atom. The number of para-hydroxylation sites is 1. The van der Waals surface area contributed by atoms with Crippen LogP contribution in [0.1, 0.15) is 18.4 Å². The van der Waals surface area contributed by atoms with Crippen molar-refractivity contribution in [1.82, 2.24) is 5.32 Å². The van der Waals surface area contributed by atoms with Crippen molar-refractivity contribution in [2.45, 2.75) is 31.4 Å². The lowest BCUT2D eigenvalue weighted by molar-refractivity contribution is 0.154. The predicted octanol–water partition coefficient (Wildman–Crippen LogP) is 2.00. The first-order chi connectivity index (χ1) is 8.35. The second-order valence-corrected chi connectivity index (χ2v) is 4.50. The van der Waals surface area contributed by atoms with Gasteiger partial charge >= 0.3 is 0 Å². The highest BCUT2D eigenvalue weighted by atomic mass is 16.5. The van der Waals surface area contributed by atoms with Gasteiger partial charge in [-0.1, -0.05) is 18.2 Å². The van der Waals surface area contributed by atoms with E-state index in [0.717, 1.165) is 31.6 Å². The van der Waals surface area contributed by atoms with Crippen LogP contribution < -0.4 is 10.1 Å². The third-order valence-corrected chi connectivity index (χ3v) is 3.36. The van der Waals surface area contributed by atoms with Crippen molar-refractivity contribution in [1.29, 1.82) is 0 Å². The number of likely N-dealkylation sites (N-methyl/N-ethyl adjacent to an activating group) is 1. The summed E-state index contributed by atoms with van der Waals surface area (Å²) in [6.45, 7) is 0.817. The Morgan fingerprint density at radius 1 is 1.47 bits per heavy atom. The third-order valence-electron chi connectivity index (χ3n) is 3.36. The van der Waals surface area contributed by atoms with Gasteiger partial charge in [0.05, 0.1) is 0 Å². The number of nitrogens with one attached hydrogen (secondary N) is 1. The maximum atomic E-state index is 5.99. The fraction of sp³-hybridized carbons (Fsp3) is 0.571. The summed E-state index contributed by atoms with van der Waals surface area (Å²) in [5, 5.41) is 3.36. The van der Waals surface area contributed by atoms with Crippen molar-refractivity contribution >= 4 is 0 Å². The van der Waals surface area contributed by atoms with Crippen LogP contribution in [-0.2, 0) is 11.2 Å². The number of fused-ring (bicyclic) bond motifs is 1. The molecule has 1 aliphatic heterocycles. The van der Waals surface area contributed by atoms with Crippen LogP contribution in [0.25, 0.3) is 0 Å². The summed E-state index contributed by atoms with van der Waals surface area (Å²) in [4.78, 5) is 0. The SMILES string of the molecule is CNC(CCCOC)C1Cc2ccccc2O1. The van der Waals surface area contributed by atoms with Crippen molar-refractivity contribution in [3.8, 4) is 5.75 Å². The number of hydrogen-bond donors (Lipinski definition) is 1. The highest BCUT2D eigenvalue weighted by Crippen LogP contribution is 2.30. The molecule has 0 aromatic heterocycles. The van der Waals surface area contributed by atoms with E-state index in [1.54, 1.807) is 7.11 Å². The zero-order chi connectivity index (χ0) is 12.1. The van der Waals surface area contributed by atoms with E-state index in [4.69, 9.17) is 9.47 Å². The molecule has 0 radical (unpaired) electrons. The van der Waals surface area contributed by atoms with E-state index in [9.17, 15) is 0 Å². The van der Waals surface area contributed by atoms with Crippen LogP contribution in [0.15, 0.2) is 24.3 Å². The molecule has 17 heavy (non-hydrogen) atoms. The van der Waals surface area contributed by atoms with Gasteiger partial charge in [-0.2, -0.15) is 0 Å². The monoisotopic (exact) mass is 235 g/mol. The van der Waals surface area contributed by atoms with Crippen LogP contribution in [0.4, 0.5) is 0 Å². The molecular weight excluding hydrogens is 214 g/mol. The molecule has 94 valence electrons. The molecule has 1 aromatic carbocycles. The minimum absolute atomic E-state index is 0.259. The maximum Gasteiger partial charge on any atom is 0.123 e. The molecule has 0 saturated heterocycles. The third kappa shape index (κ3) is 2.99. The average molecular weight is 235 g/mol. The molecule has 3 heteroatoms. The molecule has 1 aromatic rings. The number of hydrogen-bond acceptors (Lipinski definition) is 3. The summed E-state index contributed by atoms with van der Waals surface area (Å²) in [7, 11) is 3.75. The van der Waals surface area contributed by atoms with Gasteiger partial charge in [-0.3, -0.25) is 0 Å². The molecule has 0 bridgehead atoms. The topological polar surface area (TPSA) is 30.5 Å². The van der Waals surface area contributed by atoms with Gasteiger partial charge < -0.3 is 14.8 Å². The molecule has 0 spiro atoms. The van der Waals surface area contributed by atoms with Gasteiger partial charge in [0.1, 0.15) is 11.9 Å². The van der Waals surface area contributed by atoms with Crippen LogP contribution in [0.5, 0.6) is 5.75 Å². The van der Waals surface area contributed by atoms with Crippen molar-refractivity contribution in [3.05, 3.63) is 29.8 Å². The molecule has 0 fully saturated rings. The first-order valence-electron chi connectivity index (χ1n) is 6.26. The molecule has 2 atom stereocenters. The molecule has 2 unspecified atom stereocenters. The Kier molecular flexibility index (Phi) is 4.40. The lowest BCUT2D eigenvalue weighted by atomic mass is 10.0. The van der Waals surface area contributed by atoms with E-state index in [1.807, 2.05) is 13.1 Å². The van der Waals surface area contributed by atoms with Gasteiger partial charge in [-0.05, 0) is 31.5 Å². The molecule has 0 saturated carbocycles. The van der Waals surface area contributed by atoms with Crippen LogP contribution in [-0.4, -0.2) is 32.9 Å². The first kappa shape index (κ1) is 12.4. The van der Waals surface area contributed by atoms with Gasteiger partial charge in [0.25, 0.3) is 0 Å². The van der Waals surface area contributed by atoms with Gasteiger partial charge in [0, 0.05) is 26.2 Å². The van der Waals surface area contributed by atoms with Gasteiger partial charge in [0.2, 0.25) is 0 Å². The van der Waals surface area contributed by atoms with E-state index in [-0.39, 0.29) is 6.10 Å². The van der Waals surface area contributed by atoms with Crippen LogP contribution in [0.2, 0.25) is 0 Å². The van der Waals surface area contributed by atoms with Crippen molar-refractivity contribution in [3.63, 3.8) is 0 Å². The normalized spacial score (nSPS) is 19.8. The Hall–Kier alpha value is -1.06. The standard InChI is InChI=1S/C14H21NO2/c1-15-12(7-5-9-16-2)14-10-11-6-3-4-8-13(11)17-14/h3-4,6,8,12,14-15H,5,7,9-10H2,1-2H3. The highest BCUT2D eigenvalue weighted by molar-refractivity contribution is 5.37. The summed E-state index contributed by atoms with van der Waals surface area (Å²) in [5.74, 6) is 1.05. The minimum atomic E-state index is 0.259. The lowest BCUT2D eigenvalue weighted by Crippen LogP contribution is -2.40. The lowest BCUT2D eigenvalue weighted by Gasteiger charge is -2.22. The summed E-state index contributed by atoms with van der Waals surface area (Å²) in [5.41, 5.74) is 1.32. The van der Waals surface area contributed by atoms with Crippen LogP contribution in [0, 0.1) is 0 Å². The van der Waals surface area contributed by atoms with Crippen molar-refractivity contribution in [2.24, 2.45) is 0 Å². The number of methoxy groups -OCH3 is 1. The summed E-state index contributed by atoms with van der Waals surface area (Å²) in [6.07, 6.45) is 3.42. The van der Waals surface area contributed by atoms with E-state index in [1.165, 1.54) is 5.56 Å². The second kappa shape index (κ2) is 6.03. The van der Waals surface area contributed by atoms with Crippen LogP contribution in [0.3, 0.4) is 0 Å². The Morgan fingerprint density at radius 3 is 3.00 bits per heavy atom. The Bertz CT molecular complexity index is 329. The van der Waals surface area contributed by atoms with Crippen molar-refractivity contribution in [2.75, 3.05) is 20.8 Å². The van der Waals surface area contributed by atoms with Gasteiger partial charge in [-0.25, -0.2) is 0 Å². The Balaban J connectivity index is 1.91. The minimum Gasteiger partial charge on any atom is -0.488 e. The van der Waals surface area contributed by atoms with E-state index < -0.39 is 0 Å². The summed E-state index contributed by atoms with van der Waals surface area (Å²) >= 11 is 0. The summed E-state index contributed by atoms with van der Waals surface area (Å²) < 4.78 is 11.1. The van der Waals surface area contributed by atoms with E-state index in [2.05, 4.69) is 23.5 Å². The molecule has 0 amide bonds. The molecule has 3 nitrogen and oxygen atoms in total. The number of ether oxygens (including phenoxy) is 2. The molecule has 2 rings (SSSR count). The predicted molar refractivity (Wildman–Crippen MR) is 68.5 cm³/mol. The van der Waals surface area contributed by atoms with E-state index in [0.29, 0.717) is 6.04 Å². The van der Waals surface area contributed by atoms with Gasteiger partial charge in [0.15, 0.2) is 0 Å². The van der Waals surface area contributed by atoms with E-state index >= 15 is 0 Å². The fourth-order valence-electron chi connectivity index (χ4n) is 2.40. The number of benzene rings is 1. The first-order valence-corrected chi connectivity index (χ1v) is 6.26. The number of rotatable bonds is 6. The molecule has 1 N–H and O–H groups in total. The summed E-state index contributed by atoms with van der Waals surface area (Å²) in [6, 6.07) is 8.70. The van der Waals surface area contributed by atoms with Gasteiger partial charge in [-0.15, -0.1) is 0 Å². The molecular formula is C14H21NO2. The second-order valence-electron chi connectivity index (χ2n) is 4.50. The average Bonchev–Trinajstić information content (AvgIpc) is 2.78. The fourth-order valence-corrected chi connectivity index (χ4v) is 2.40. The smallest absolute Gasteiger partial charge is 0.123 e. The Labute approximate surface area is 103 Å². The molecule has 0 aliphatic carbocycles. The zero-order valence-electron chi connectivity index (χ0n) is 10.6.